The lowest BCUT2D eigenvalue weighted by Crippen LogP contribution is -2.12. The van der Waals surface area contributed by atoms with Gasteiger partial charge < -0.3 is 4.90 Å². The molecule has 0 aromatic heterocycles. The Morgan fingerprint density at radius 3 is 1.51 bits per heavy atom. The third kappa shape index (κ3) is 6.66. The summed E-state index contributed by atoms with van der Waals surface area (Å²) in [5, 5.41) is 4.98. The molecule has 0 N–H and O–H groups in total. The summed E-state index contributed by atoms with van der Waals surface area (Å²) in [5.74, 6) is 0. The molecule has 10 rings (SSSR count). The van der Waals surface area contributed by atoms with Gasteiger partial charge in [0.05, 0.1) is 11.4 Å². The van der Waals surface area contributed by atoms with Crippen LogP contribution in [0.4, 0.5) is 17.1 Å². The van der Waals surface area contributed by atoms with E-state index in [1.807, 2.05) is 0 Å². The Balaban J connectivity index is 1.15. The second-order valence-electron chi connectivity index (χ2n) is 14.5. The molecular formula is C56H39N. The van der Waals surface area contributed by atoms with Crippen LogP contribution in [0.2, 0.25) is 0 Å². The molecule has 0 aliphatic heterocycles. The Labute approximate surface area is 334 Å². The number of benzene rings is 10. The van der Waals surface area contributed by atoms with Gasteiger partial charge in [0.15, 0.2) is 0 Å². The maximum atomic E-state index is 2.45. The highest BCUT2D eigenvalue weighted by Crippen LogP contribution is 2.47. The van der Waals surface area contributed by atoms with Crippen molar-refractivity contribution in [2.24, 2.45) is 0 Å². The summed E-state index contributed by atoms with van der Waals surface area (Å²) < 4.78 is 0. The molecule has 0 aliphatic carbocycles. The van der Waals surface area contributed by atoms with Gasteiger partial charge >= 0.3 is 0 Å². The standard InChI is InChI=1S/C56H39N/c1-3-16-43(17-4-1)53-26-11-12-28-55(53)57(50-34-31-41(32-35-50)46-23-13-24-47(37-46)48-30-29-40-15-7-8-21-45(40)38-48)56-39-49(33-36-54(56)44-18-5-2-6-19-44)52-27-14-22-42-20-9-10-25-51(42)52/h1-39H. The first-order valence-electron chi connectivity index (χ1n) is 19.6. The van der Waals surface area contributed by atoms with Crippen molar-refractivity contribution >= 4 is 38.6 Å². The van der Waals surface area contributed by atoms with Gasteiger partial charge in [-0.3, -0.25) is 0 Å². The van der Waals surface area contributed by atoms with Crippen molar-refractivity contribution in [1.82, 2.24) is 0 Å². The fourth-order valence-corrected chi connectivity index (χ4v) is 8.21. The van der Waals surface area contributed by atoms with E-state index in [1.165, 1.54) is 71.6 Å². The zero-order valence-corrected chi connectivity index (χ0v) is 31.5. The molecule has 10 aromatic rings. The average Bonchev–Trinajstić information content (AvgIpc) is 3.30. The highest BCUT2D eigenvalue weighted by Gasteiger charge is 2.22. The van der Waals surface area contributed by atoms with E-state index < -0.39 is 0 Å². The highest BCUT2D eigenvalue weighted by atomic mass is 15.1. The van der Waals surface area contributed by atoms with Gasteiger partial charge in [-0.2, -0.15) is 0 Å². The fourth-order valence-electron chi connectivity index (χ4n) is 8.21. The van der Waals surface area contributed by atoms with Crippen molar-refractivity contribution in [2.45, 2.75) is 0 Å². The van der Waals surface area contributed by atoms with E-state index in [2.05, 4.69) is 241 Å². The molecule has 1 heteroatoms. The summed E-state index contributed by atoms with van der Waals surface area (Å²) >= 11 is 0. The van der Waals surface area contributed by atoms with Gasteiger partial charge in [-0.05, 0) is 102 Å². The molecule has 57 heavy (non-hydrogen) atoms. The van der Waals surface area contributed by atoms with Crippen LogP contribution in [-0.2, 0) is 0 Å². The Morgan fingerprint density at radius 2 is 0.737 bits per heavy atom. The van der Waals surface area contributed by atoms with E-state index in [4.69, 9.17) is 0 Å². The molecule has 0 bridgehead atoms. The van der Waals surface area contributed by atoms with E-state index in [9.17, 15) is 0 Å². The molecular weight excluding hydrogens is 687 g/mol. The quantitative estimate of drug-likeness (QED) is 0.151. The number of anilines is 3. The van der Waals surface area contributed by atoms with Crippen LogP contribution in [0.3, 0.4) is 0 Å². The molecule has 268 valence electrons. The van der Waals surface area contributed by atoms with Crippen LogP contribution in [0.15, 0.2) is 237 Å². The molecule has 0 fully saturated rings. The second kappa shape index (κ2) is 15.0. The first kappa shape index (κ1) is 34.0. The minimum atomic E-state index is 1.08. The van der Waals surface area contributed by atoms with Crippen molar-refractivity contribution in [3.63, 3.8) is 0 Å². The summed E-state index contributed by atoms with van der Waals surface area (Å²) in [7, 11) is 0. The van der Waals surface area contributed by atoms with Crippen LogP contribution in [0.25, 0.3) is 77.2 Å². The lowest BCUT2D eigenvalue weighted by Gasteiger charge is -2.30. The number of para-hydroxylation sites is 1. The molecule has 0 atom stereocenters. The third-order valence-electron chi connectivity index (χ3n) is 11.1. The lowest BCUT2D eigenvalue weighted by atomic mass is 9.93. The molecule has 0 aliphatic rings. The number of hydrogen-bond donors (Lipinski definition) is 0. The maximum Gasteiger partial charge on any atom is 0.0546 e. The van der Waals surface area contributed by atoms with Gasteiger partial charge in [0.2, 0.25) is 0 Å². The topological polar surface area (TPSA) is 3.24 Å². The van der Waals surface area contributed by atoms with Crippen LogP contribution in [0, 0.1) is 0 Å². The fraction of sp³-hybridized carbons (Fsp3) is 0. The second-order valence-corrected chi connectivity index (χ2v) is 14.5. The van der Waals surface area contributed by atoms with Crippen LogP contribution in [-0.4, -0.2) is 0 Å². The van der Waals surface area contributed by atoms with Crippen molar-refractivity contribution < 1.29 is 0 Å². The normalized spacial score (nSPS) is 11.2. The van der Waals surface area contributed by atoms with E-state index in [-0.39, 0.29) is 0 Å². The maximum absolute atomic E-state index is 2.45. The SMILES string of the molecule is c1ccc(-c2ccccc2N(c2ccc(-c3cccc(-c4ccc5ccccc5c4)c3)cc2)c2cc(-c3cccc4ccccc34)ccc2-c2ccccc2)cc1. The summed E-state index contributed by atoms with van der Waals surface area (Å²) in [6.45, 7) is 0. The summed E-state index contributed by atoms with van der Waals surface area (Å²) in [6.07, 6.45) is 0. The summed E-state index contributed by atoms with van der Waals surface area (Å²) in [4.78, 5) is 2.45. The monoisotopic (exact) mass is 725 g/mol. The predicted octanol–water partition coefficient (Wildman–Crippen LogP) is 15.8. The minimum absolute atomic E-state index is 1.08. The molecule has 0 saturated heterocycles. The van der Waals surface area contributed by atoms with Crippen molar-refractivity contribution in [1.29, 1.82) is 0 Å². The van der Waals surface area contributed by atoms with Gasteiger partial charge in [0.1, 0.15) is 0 Å². The first-order valence-corrected chi connectivity index (χ1v) is 19.6. The number of nitrogens with zero attached hydrogens (tertiary/aromatic N) is 1. The van der Waals surface area contributed by atoms with Crippen LogP contribution in [0.5, 0.6) is 0 Å². The zero-order valence-electron chi connectivity index (χ0n) is 31.5. The van der Waals surface area contributed by atoms with E-state index in [0.717, 1.165) is 22.6 Å². The van der Waals surface area contributed by atoms with Crippen LogP contribution >= 0.6 is 0 Å². The van der Waals surface area contributed by atoms with Gasteiger partial charge in [-0.1, -0.05) is 200 Å². The van der Waals surface area contributed by atoms with E-state index >= 15 is 0 Å². The molecule has 0 saturated carbocycles. The highest BCUT2D eigenvalue weighted by molar-refractivity contribution is 6.00. The zero-order chi connectivity index (χ0) is 38.0. The first-order chi connectivity index (χ1) is 28.3. The Bertz CT molecular complexity index is 2990. The smallest absolute Gasteiger partial charge is 0.0546 e. The molecule has 0 amide bonds. The molecule has 10 aromatic carbocycles. The molecule has 0 spiro atoms. The Hall–Kier alpha value is -7.48. The van der Waals surface area contributed by atoms with Crippen molar-refractivity contribution in [3.8, 4) is 55.6 Å². The molecule has 0 heterocycles. The molecule has 1 nitrogen and oxygen atoms in total. The third-order valence-corrected chi connectivity index (χ3v) is 11.1. The van der Waals surface area contributed by atoms with E-state index in [1.54, 1.807) is 0 Å². The van der Waals surface area contributed by atoms with Gasteiger partial charge in [-0.25, -0.2) is 0 Å². The van der Waals surface area contributed by atoms with E-state index in [0.29, 0.717) is 0 Å². The summed E-state index contributed by atoms with van der Waals surface area (Å²) in [5.41, 5.74) is 15.1. The number of hydrogen-bond acceptors (Lipinski definition) is 1. The number of rotatable bonds is 8. The van der Waals surface area contributed by atoms with Crippen LogP contribution < -0.4 is 4.90 Å². The van der Waals surface area contributed by atoms with Crippen molar-refractivity contribution in [3.05, 3.63) is 237 Å². The molecule has 0 radical (unpaired) electrons. The Kier molecular flexibility index (Phi) is 8.95. The minimum Gasteiger partial charge on any atom is -0.309 e. The Morgan fingerprint density at radius 1 is 0.228 bits per heavy atom. The van der Waals surface area contributed by atoms with Gasteiger partial charge in [-0.15, -0.1) is 0 Å². The number of fused-ring (bicyclic) bond motifs is 2. The largest absolute Gasteiger partial charge is 0.309 e. The lowest BCUT2D eigenvalue weighted by molar-refractivity contribution is 1.28. The molecule has 0 unspecified atom stereocenters. The van der Waals surface area contributed by atoms with Gasteiger partial charge in [0, 0.05) is 16.8 Å². The predicted molar refractivity (Wildman–Crippen MR) is 243 cm³/mol. The van der Waals surface area contributed by atoms with Crippen molar-refractivity contribution in [2.75, 3.05) is 4.90 Å². The summed E-state index contributed by atoms with van der Waals surface area (Å²) in [6, 6.07) is 85.8. The average molecular weight is 726 g/mol. The van der Waals surface area contributed by atoms with Gasteiger partial charge in [0.25, 0.3) is 0 Å². The van der Waals surface area contributed by atoms with Crippen LogP contribution in [0.1, 0.15) is 0 Å².